The fraction of sp³-hybridized carbons (Fsp3) is 0.259. The van der Waals surface area contributed by atoms with E-state index in [1.807, 2.05) is 48.2 Å². The number of fused-ring (bicyclic) bond motifs is 1. The molecule has 32 heavy (non-hydrogen) atoms. The van der Waals surface area contributed by atoms with Crippen LogP contribution in [0.3, 0.4) is 0 Å². The summed E-state index contributed by atoms with van der Waals surface area (Å²) in [7, 11) is 4.16. The molecule has 1 heterocycles. The Hall–Kier alpha value is -3.44. The van der Waals surface area contributed by atoms with E-state index in [2.05, 4.69) is 37.3 Å². The zero-order valence-corrected chi connectivity index (χ0v) is 19.0. The second-order valence-electron chi connectivity index (χ2n) is 8.64. The second kappa shape index (κ2) is 8.97. The normalized spacial score (nSPS) is 17.7. The molecule has 2 amide bonds. The summed E-state index contributed by atoms with van der Waals surface area (Å²) in [5, 5.41) is 2.92. The molecular weight excluding hydrogens is 398 g/mol. The molecule has 0 saturated carbocycles. The number of nitrogens with zero attached hydrogens (tertiary/aromatic N) is 2. The number of aryl methyl sites for hydroxylation is 1. The van der Waals surface area contributed by atoms with E-state index in [0.29, 0.717) is 16.8 Å². The highest BCUT2D eigenvalue weighted by Crippen LogP contribution is 2.40. The molecule has 0 fully saturated rings. The van der Waals surface area contributed by atoms with E-state index >= 15 is 0 Å². The van der Waals surface area contributed by atoms with Gasteiger partial charge in [-0.05, 0) is 81.9 Å². The maximum atomic E-state index is 13.5. The van der Waals surface area contributed by atoms with Crippen LogP contribution < -0.4 is 10.2 Å². The Balaban J connectivity index is 1.56. The molecule has 0 bridgehead atoms. The predicted molar refractivity (Wildman–Crippen MR) is 129 cm³/mol. The van der Waals surface area contributed by atoms with Crippen LogP contribution in [0.4, 0.5) is 11.4 Å². The van der Waals surface area contributed by atoms with Crippen LogP contribution in [0.15, 0.2) is 72.8 Å². The molecule has 3 aromatic carbocycles. The summed E-state index contributed by atoms with van der Waals surface area (Å²) in [5.41, 5.74) is 4.96. The number of carbonyl (C=O) groups is 2. The number of para-hydroxylation sites is 1. The first-order valence-corrected chi connectivity index (χ1v) is 10.9. The Morgan fingerprint density at radius 1 is 0.938 bits per heavy atom. The summed E-state index contributed by atoms with van der Waals surface area (Å²) in [5.74, 6) is -0.186. The molecule has 2 unspecified atom stereocenters. The van der Waals surface area contributed by atoms with Crippen molar-refractivity contribution < 1.29 is 9.59 Å². The van der Waals surface area contributed by atoms with Gasteiger partial charge in [-0.2, -0.15) is 0 Å². The van der Waals surface area contributed by atoms with E-state index in [1.165, 1.54) is 5.56 Å². The molecule has 0 spiro atoms. The zero-order valence-electron chi connectivity index (χ0n) is 19.0. The lowest BCUT2D eigenvalue weighted by Crippen LogP contribution is -2.45. The van der Waals surface area contributed by atoms with Crippen molar-refractivity contribution in [2.75, 3.05) is 24.3 Å². The number of rotatable bonds is 4. The van der Waals surface area contributed by atoms with Crippen molar-refractivity contribution in [2.45, 2.75) is 32.4 Å². The van der Waals surface area contributed by atoms with Crippen LogP contribution in [0.5, 0.6) is 0 Å². The fourth-order valence-electron chi connectivity index (χ4n) is 4.44. The third kappa shape index (κ3) is 4.16. The third-order valence-electron chi connectivity index (χ3n) is 6.18. The van der Waals surface area contributed by atoms with Crippen LogP contribution in [0, 0.1) is 6.92 Å². The van der Waals surface area contributed by atoms with Crippen molar-refractivity contribution in [3.05, 3.63) is 95.1 Å². The van der Waals surface area contributed by atoms with Crippen molar-refractivity contribution in [2.24, 2.45) is 0 Å². The Labute approximate surface area is 189 Å². The maximum absolute atomic E-state index is 13.5. The van der Waals surface area contributed by atoms with E-state index in [9.17, 15) is 9.59 Å². The Morgan fingerprint density at radius 2 is 1.59 bits per heavy atom. The monoisotopic (exact) mass is 427 g/mol. The van der Waals surface area contributed by atoms with Crippen LogP contribution in [0.1, 0.15) is 51.2 Å². The van der Waals surface area contributed by atoms with Crippen LogP contribution >= 0.6 is 0 Å². The Morgan fingerprint density at radius 3 is 2.28 bits per heavy atom. The number of nitrogens with one attached hydrogen (secondary N) is 1. The number of carbonyl (C=O) groups excluding carboxylic acids is 2. The number of amides is 2. The minimum Gasteiger partial charge on any atom is -0.322 e. The summed E-state index contributed by atoms with van der Waals surface area (Å²) in [6, 6.07) is 23.1. The highest BCUT2D eigenvalue weighted by atomic mass is 16.2. The molecule has 1 aliphatic rings. The SMILES string of the molecule is Cc1ccccc1C(=O)Nc1ccc(C(=O)N2c3ccccc3C(N(C)C)CC2C)cc1. The standard InChI is InChI=1S/C27H29N3O2/c1-18-9-5-6-10-22(18)26(31)28-21-15-13-20(14-16-21)27(32)30-19(2)17-25(29(3)4)23-11-7-8-12-24(23)30/h5-16,19,25H,17H2,1-4H3,(H,28,31). The summed E-state index contributed by atoms with van der Waals surface area (Å²) in [6.45, 7) is 4.01. The van der Waals surface area contributed by atoms with Gasteiger partial charge < -0.3 is 15.1 Å². The lowest BCUT2D eigenvalue weighted by molar-refractivity contribution is 0.0966. The first-order valence-electron chi connectivity index (χ1n) is 10.9. The summed E-state index contributed by atoms with van der Waals surface area (Å²) in [6.07, 6.45) is 0.875. The average molecular weight is 428 g/mol. The van der Waals surface area contributed by atoms with Gasteiger partial charge in [-0.15, -0.1) is 0 Å². The molecule has 1 N–H and O–H groups in total. The number of benzene rings is 3. The maximum Gasteiger partial charge on any atom is 0.258 e. The molecule has 0 saturated heterocycles. The Bertz CT molecular complexity index is 1140. The highest BCUT2D eigenvalue weighted by molar-refractivity contribution is 6.08. The average Bonchev–Trinajstić information content (AvgIpc) is 2.78. The van der Waals surface area contributed by atoms with Crippen LogP contribution in [-0.4, -0.2) is 36.9 Å². The van der Waals surface area contributed by atoms with Crippen LogP contribution in [0.2, 0.25) is 0 Å². The van der Waals surface area contributed by atoms with Gasteiger partial charge in [-0.1, -0.05) is 36.4 Å². The van der Waals surface area contributed by atoms with Gasteiger partial charge in [0.1, 0.15) is 0 Å². The van der Waals surface area contributed by atoms with Gasteiger partial charge in [0.05, 0.1) is 0 Å². The quantitative estimate of drug-likeness (QED) is 0.616. The van der Waals surface area contributed by atoms with Crippen molar-refractivity contribution in [3.8, 4) is 0 Å². The molecule has 0 radical (unpaired) electrons. The van der Waals surface area contributed by atoms with Gasteiger partial charge in [0.2, 0.25) is 0 Å². The lowest BCUT2D eigenvalue weighted by Gasteiger charge is -2.41. The van der Waals surface area contributed by atoms with Gasteiger partial charge in [-0.25, -0.2) is 0 Å². The van der Waals surface area contributed by atoms with E-state index in [4.69, 9.17) is 0 Å². The molecule has 1 aliphatic heterocycles. The first-order chi connectivity index (χ1) is 15.4. The fourth-order valence-corrected chi connectivity index (χ4v) is 4.44. The number of hydrogen-bond donors (Lipinski definition) is 1. The first kappa shape index (κ1) is 21.8. The molecule has 5 heteroatoms. The molecule has 2 atom stereocenters. The Kier molecular flexibility index (Phi) is 6.10. The van der Waals surface area contributed by atoms with Gasteiger partial charge in [0.25, 0.3) is 11.8 Å². The second-order valence-corrected chi connectivity index (χ2v) is 8.64. The van der Waals surface area contributed by atoms with Gasteiger partial charge in [0.15, 0.2) is 0 Å². The summed E-state index contributed by atoms with van der Waals surface area (Å²) in [4.78, 5) is 30.2. The molecule has 4 rings (SSSR count). The number of hydrogen-bond acceptors (Lipinski definition) is 3. The molecule has 0 aliphatic carbocycles. The third-order valence-corrected chi connectivity index (χ3v) is 6.18. The predicted octanol–water partition coefficient (Wildman–Crippen LogP) is 5.29. The number of anilines is 2. The molecular formula is C27H29N3O2. The minimum absolute atomic E-state index is 0.0288. The van der Waals surface area contributed by atoms with Crippen molar-refractivity contribution in [1.29, 1.82) is 0 Å². The van der Waals surface area contributed by atoms with E-state index in [-0.39, 0.29) is 23.9 Å². The highest BCUT2D eigenvalue weighted by Gasteiger charge is 2.34. The van der Waals surface area contributed by atoms with Crippen molar-refractivity contribution in [3.63, 3.8) is 0 Å². The van der Waals surface area contributed by atoms with Crippen molar-refractivity contribution in [1.82, 2.24) is 4.90 Å². The van der Waals surface area contributed by atoms with E-state index in [0.717, 1.165) is 17.7 Å². The van der Waals surface area contributed by atoms with E-state index in [1.54, 1.807) is 30.3 Å². The van der Waals surface area contributed by atoms with Gasteiger partial charge in [-0.3, -0.25) is 9.59 Å². The van der Waals surface area contributed by atoms with E-state index < -0.39 is 0 Å². The minimum atomic E-state index is -0.157. The van der Waals surface area contributed by atoms with Gasteiger partial charge >= 0.3 is 0 Å². The van der Waals surface area contributed by atoms with Crippen LogP contribution in [-0.2, 0) is 0 Å². The molecule has 0 aromatic heterocycles. The molecule has 3 aromatic rings. The summed E-state index contributed by atoms with van der Waals surface area (Å²) >= 11 is 0. The van der Waals surface area contributed by atoms with Crippen LogP contribution in [0.25, 0.3) is 0 Å². The largest absolute Gasteiger partial charge is 0.322 e. The topological polar surface area (TPSA) is 52.7 Å². The molecule has 164 valence electrons. The smallest absolute Gasteiger partial charge is 0.258 e. The summed E-state index contributed by atoms with van der Waals surface area (Å²) < 4.78 is 0. The van der Waals surface area contributed by atoms with Crippen molar-refractivity contribution >= 4 is 23.2 Å². The zero-order chi connectivity index (χ0) is 22.8. The van der Waals surface area contributed by atoms with Gasteiger partial charge in [0, 0.05) is 34.6 Å². The lowest BCUT2D eigenvalue weighted by atomic mass is 9.90. The molecule has 5 nitrogen and oxygen atoms in total.